The SMILES string of the molecule is C=C.CCC.CN.Cc1ccccc1CNN. The molecule has 0 unspecified atom stereocenters. The fraction of sp³-hybridized carbons (Fsp3) is 0.429. The molecule has 1 rings (SSSR count). The van der Waals surface area contributed by atoms with Gasteiger partial charge >= 0.3 is 0 Å². The van der Waals surface area contributed by atoms with Crippen LogP contribution >= 0.6 is 0 Å². The third-order valence-electron chi connectivity index (χ3n) is 1.55. The van der Waals surface area contributed by atoms with Gasteiger partial charge in [0.1, 0.15) is 0 Å². The van der Waals surface area contributed by atoms with E-state index in [0.29, 0.717) is 0 Å². The molecule has 17 heavy (non-hydrogen) atoms. The summed E-state index contributed by atoms with van der Waals surface area (Å²) >= 11 is 0. The van der Waals surface area contributed by atoms with Crippen molar-refractivity contribution in [2.45, 2.75) is 33.7 Å². The number of hydrogen-bond donors (Lipinski definition) is 3. The van der Waals surface area contributed by atoms with Gasteiger partial charge in [0.05, 0.1) is 0 Å². The molecular weight excluding hydrogens is 210 g/mol. The number of hydrazine groups is 1. The van der Waals surface area contributed by atoms with Gasteiger partial charge in [-0.1, -0.05) is 44.5 Å². The first-order chi connectivity index (χ1) is 8.26. The molecule has 0 bridgehead atoms. The van der Waals surface area contributed by atoms with E-state index in [9.17, 15) is 0 Å². The summed E-state index contributed by atoms with van der Waals surface area (Å²) in [6.07, 6.45) is 1.25. The molecule has 0 aliphatic rings. The third-order valence-corrected chi connectivity index (χ3v) is 1.55. The van der Waals surface area contributed by atoms with Crippen LogP contribution in [0.2, 0.25) is 0 Å². The van der Waals surface area contributed by atoms with Crippen molar-refractivity contribution in [3.05, 3.63) is 48.6 Å². The first-order valence-corrected chi connectivity index (χ1v) is 5.81. The summed E-state index contributed by atoms with van der Waals surface area (Å²) in [7, 11) is 1.50. The Balaban J connectivity index is -0.000000239. The first kappa shape index (κ1) is 21.2. The van der Waals surface area contributed by atoms with Crippen LogP contribution in [0.5, 0.6) is 0 Å². The van der Waals surface area contributed by atoms with Gasteiger partial charge in [0.2, 0.25) is 0 Å². The Kier molecular flexibility index (Phi) is 25.2. The van der Waals surface area contributed by atoms with Crippen molar-refractivity contribution in [2.24, 2.45) is 11.6 Å². The topological polar surface area (TPSA) is 64.1 Å². The van der Waals surface area contributed by atoms with E-state index >= 15 is 0 Å². The maximum Gasteiger partial charge on any atom is 0.0351 e. The van der Waals surface area contributed by atoms with Gasteiger partial charge in [0.25, 0.3) is 0 Å². The number of nitrogens with one attached hydrogen (secondary N) is 1. The summed E-state index contributed by atoms with van der Waals surface area (Å²) in [5.41, 5.74) is 9.66. The number of nitrogens with two attached hydrogens (primary N) is 2. The average molecular weight is 239 g/mol. The third kappa shape index (κ3) is 14.8. The molecule has 0 heterocycles. The van der Waals surface area contributed by atoms with Crippen molar-refractivity contribution >= 4 is 0 Å². The predicted octanol–water partition coefficient (Wildman–Crippen LogP) is 2.75. The Bertz CT molecular complexity index is 237. The second-order valence-electron chi connectivity index (χ2n) is 3.01. The number of rotatable bonds is 2. The van der Waals surface area contributed by atoms with Crippen LogP contribution in [-0.2, 0) is 6.54 Å². The summed E-state index contributed by atoms with van der Waals surface area (Å²) in [5, 5.41) is 0. The maximum atomic E-state index is 5.18. The van der Waals surface area contributed by atoms with Crippen LogP contribution in [-0.4, -0.2) is 7.05 Å². The standard InChI is InChI=1S/C8H12N2.C3H8.C2H4.CH5N/c1-7-4-2-3-5-8(7)6-10-9;1-3-2;2*1-2/h2-5,10H,6,9H2,1H3;3H2,1-2H3;1-2H2;2H2,1H3. The highest BCUT2D eigenvalue weighted by molar-refractivity contribution is 5.24. The monoisotopic (exact) mass is 239 g/mol. The quantitative estimate of drug-likeness (QED) is 0.422. The van der Waals surface area contributed by atoms with Gasteiger partial charge < -0.3 is 5.73 Å². The van der Waals surface area contributed by atoms with Crippen LogP contribution in [0.3, 0.4) is 0 Å². The van der Waals surface area contributed by atoms with E-state index in [1.807, 2.05) is 12.1 Å². The maximum absolute atomic E-state index is 5.18. The first-order valence-electron chi connectivity index (χ1n) is 5.81. The Labute approximate surface area is 107 Å². The van der Waals surface area contributed by atoms with Gasteiger partial charge in [0.15, 0.2) is 0 Å². The van der Waals surface area contributed by atoms with Gasteiger partial charge in [-0.25, -0.2) is 0 Å². The Morgan fingerprint density at radius 2 is 1.53 bits per heavy atom. The van der Waals surface area contributed by atoms with Crippen LogP contribution in [0, 0.1) is 6.92 Å². The molecule has 0 saturated heterocycles. The fourth-order valence-corrected chi connectivity index (χ4v) is 0.918. The van der Waals surface area contributed by atoms with Crippen molar-refractivity contribution in [3.63, 3.8) is 0 Å². The second-order valence-corrected chi connectivity index (χ2v) is 3.01. The molecule has 1 aromatic rings. The number of aryl methyl sites for hydroxylation is 1. The lowest BCUT2D eigenvalue weighted by Crippen LogP contribution is -2.21. The van der Waals surface area contributed by atoms with Gasteiger partial charge in [-0.2, -0.15) is 0 Å². The summed E-state index contributed by atoms with van der Waals surface area (Å²) < 4.78 is 0. The summed E-state index contributed by atoms with van der Waals surface area (Å²) in [6.45, 7) is 13.1. The summed E-state index contributed by atoms with van der Waals surface area (Å²) in [5.74, 6) is 5.18. The highest BCUT2D eigenvalue weighted by Gasteiger charge is 1.92. The molecule has 0 aromatic heterocycles. The number of benzene rings is 1. The molecular formula is C14H29N3. The molecule has 0 aliphatic carbocycles. The Hall–Kier alpha value is -1.16. The van der Waals surface area contributed by atoms with Crippen molar-refractivity contribution in [2.75, 3.05) is 7.05 Å². The molecule has 0 spiro atoms. The summed E-state index contributed by atoms with van der Waals surface area (Å²) in [4.78, 5) is 0. The normalized spacial score (nSPS) is 7.41. The van der Waals surface area contributed by atoms with Gasteiger partial charge in [-0.05, 0) is 25.1 Å². The van der Waals surface area contributed by atoms with Crippen LogP contribution in [0.1, 0.15) is 31.4 Å². The van der Waals surface area contributed by atoms with Crippen LogP contribution in [0.4, 0.5) is 0 Å². The minimum Gasteiger partial charge on any atom is -0.333 e. The Morgan fingerprint density at radius 1 is 1.12 bits per heavy atom. The Morgan fingerprint density at radius 3 is 1.88 bits per heavy atom. The highest BCUT2D eigenvalue weighted by atomic mass is 15.2. The summed E-state index contributed by atoms with van der Waals surface area (Å²) in [6, 6.07) is 8.18. The fourth-order valence-electron chi connectivity index (χ4n) is 0.918. The molecule has 0 aliphatic heterocycles. The second kappa shape index (κ2) is 20.3. The van der Waals surface area contributed by atoms with Crippen molar-refractivity contribution in [1.29, 1.82) is 0 Å². The smallest absolute Gasteiger partial charge is 0.0351 e. The zero-order valence-electron chi connectivity index (χ0n) is 11.8. The van der Waals surface area contributed by atoms with E-state index in [2.05, 4.69) is 57.2 Å². The van der Waals surface area contributed by atoms with E-state index in [1.54, 1.807) is 0 Å². The van der Waals surface area contributed by atoms with E-state index in [-0.39, 0.29) is 0 Å². The average Bonchev–Trinajstić information content (AvgIpc) is 2.38. The lowest BCUT2D eigenvalue weighted by atomic mass is 10.1. The molecule has 3 heteroatoms. The van der Waals surface area contributed by atoms with Crippen LogP contribution in [0.25, 0.3) is 0 Å². The lowest BCUT2D eigenvalue weighted by molar-refractivity contribution is 0.737. The van der Waals surface area contributed by atoms with Crippen LogP contribution < -0.4 is 17.0 Å². The van der Waals surface area contributed by atoms with Crippen molar-refractivity contribution in [1.82, 2.24) is 5.43 Å². The minimum atomic E-state index is 0.743. The predicted molar refractivity (Wildman–Crippen MR) is 79.5 cm³/mol. The van der Waals surface area contributed by atoms with Gasteiger partial charge in [-0.3, -0.25) is 11.3 Å². The molecule has 1 aromatic carbocycles. The molecule has 0 amide bonds. The van der Waals surface area contributed by atoms with E-state index < -0.39 is 0 Å². The molecule has 0 atom stereocenters. The molecule has 100 valence electrons. The lowest BCUT2D eigenvalue weighted by Gasteiger charge is -2.02. The van der Waals surface area contributed by atoms with E-state index in [1.165, 1.54) is 24.6 Å². The minimum absolute atomic E-state index is 0.743. The van der Waals surface area contributed by atoms with Crippen LogP contribution in [0.15, 0.2) is 37.4 Å². The van der Waals surface area contributed by atoms with Crippen molar-refractivity contribution in [3.8, 4) is 0 Å². The van der Waals surface area contributed by atoms with E-state index in [4.69, 9.17) is 5.84 Å². The molecule has 5 N–H and O–H groups in total. The van der Waals surface area contributed by atoms with Crippen molar-refractivity contribution < 1.29 is 0 Å². The highest BCUT2D eigenvalue weighted by Crippen LogP contribution is 2.04. The molecule has 0 radical (unpaired) electrons. The number of hydrogen-bond acceptors (Lipinski definition) is 3. The molecule has 0 saturated carbocycles. The molecule has 3 nitrogen and oxygen atoms in total. The van der Waals surface area contributed by atoms with Gasteiger partial charge in [-0.15, -0.1) is 13.2 Å². The molecule has 0 fully saturated rings. The zero-order chi connectivity index (χ0) is 14.1. The van der Waals surface area contributed by atoms with E-state index in [0.717, 1.165) is 6.54 Å². The zero-order valence-corrected chi connectivity index (χ0v) is 11.8. The largest absolute Gasteiger partial charge is 0.333 e. The van der Waals surface area contributed by atoms with Gasteiger partial charge in [0, 0.05) is 6.54 Å².